The minimum atomic E-state index is 0.239. The number of aryl methyl sites for hydroxylation is 3. The highest BCUT2D eigenvalue weighted by atomic mass is 16.5. The number of ether oxygens (including phenoxy) is 1. The smallest absolute Gasteiger partial charge is 0.144 e. The number of nitrogens with zero attached hydrogens (tertiary/aromatic N) is 1. The molecule has 1 heterocycles. The molecule has 1 N–H and O–H groups in total. The van der Waals surface area contributed by atoms with Crippen LogP contribution in [0, 0.1) is 13.8 Å². The summed E-state index contributed by atoms with van der Waals surface area (Å²) in [7, 11) is 1.71. The molecule has 0 saturated heterocycles. The van der Waals surface area contributed by atoms with Gasteiger partial charge >= 0.3 is 0 Å². The van der Waals surface area contributed by atoms with Gasteiger partial charge in [0.1, 0.15) is 11.5 Å². The molecule has 1 aromatic heterocycles. The maximum absolute atomic E-state index is 5.60. The summed E-state index contributed by atoms with van der Waals surface area (Å²) < 4.78 is 11.1. The Bertz CT molecular complexity index is 912. The van der Waals surface area contributed by atoms with Gasteiger partial charge in [-0.25, -0.2) is 0 Å². The summed E-state index contributed by atoms with van der Waals surface area (Å²) in [6.07, 6.45) is 1.84. The fourth-order valence-corrected chi connectivity index (χ4v) is 3.71. The fraction of sp³-hybridized carbons (Fsp3) is 0.318. The second-order valence-corrected chi connectivity index (χ2v) is 6.98. The van der Waals surface area contributed by atoms with E-state index >= 15 is 0 Å². The average molecular weight is 348 g/mol. The molecule has 26 heavy (non-hydrogen) atoms. The molecule has 4 rings (SSSR count). The van der Waals surface area contributed by atoms with E-state index < -0.39 is 0 Å². The van der Waals surface area contributed by atoms with Crippen molar-refractivity contribution in [2.75, 3.05) is 7.11 Å². The van der Waals surface area contributed by atoms with Crippen LogP contribution in [0.25, 0.3) is 11.1 Å². The van der Waals surface area contributed by atoms with Gasteiger partial charge < -0.3 is 14.6 Å². The molecule has 0 amide bonds. The monoisotopic (exact) mass is 348 g/mol. The van der Waals surface area contributed by atoms with Gasteiger partial charge in [0.15, 0.2) is 0 Å². The van der Waals surface area contributed by atoms with Crippen LogP contribution < -0.4 is 10.1 Å². The molecule has 2 aromatic carbocycles. The molecule has 1 atom stereocenters. The molecule has 1 aliphatic carbocycles. The number of hydrogen-bond acceptors (Lipinski definition) is 4. The Morgan fingerprint density at radius 3 is 2.73 bits per heavy atom. The standard InChI is InChI=1S/C22H24N2O2/c1-14-4-6-16(7-5-14)13-23-20-10-11-21-22(15(2)24-26-21)18-9-8-17(25-3)12-19(18)20/h4-9,12,20,23H,10-11,13H2,1-3H3. The molecular formula is C22H24N2O2. The Labute approximate surface area is 154 Å². The predicted octanol–water partition coefficient (Wildman–Crippen LogP) is 4.74. The van der Waals surface area contributed by atoms with Crippen molar-refractivity contribution >= 4 is 0 Å². The summed E-state index contributed by atoms with van der Waals surface area (Å²) >= 11 is 0. The second kappa shape index (κ2) is 6.96. The third kappa shape index (κ3) is 3.13. The van der Waals surface area contributed by atoms with Crippen molar-refractivity contribution in [1.29, 1.82) is 0 Å². The topological polar surface area (TPSA) is 47.3 Å². The fourth-order valence-electron chi connectivity index (χ4n) is 3.71. The van der Waals surface area contributed by atoms with Crippen molar-refractivity contribution < 1.29 is 9.26 Å². The molecule has 0 fully saturated rings. The molecule has 1 aliphatic rings. The molecule has 134 valence electrons. The minimum Gasteiger partial charge on any atom is -0.497 e. The van der Waals surface area contributed by atoms with Crippen molar-refractivity contribution in [3.8, 4) is 16.9 Å². The average Bonchev–Trinajstić information content (AvgIpc) is 2.95. The van der Waals surface area contributed by atoms with Crippen molar-refractivity contribution in [2.24, 2.45) is 0 Å². The van der Waals surface area contributed by atoms with Crippen LogP contribution in [-0.4, -0.2) is 12.3 Å². The summed E-state index contributed by atoms with van der Waals surface area (Å²) in [5.41, 5.74) is 7.11. The van der Waals surface area contributed by atoms with Gasteiger partial charge in [-0.3, -0.25) is 0 Å². The number of hydrogen-bond donors (Lipinski definition) is 1. The zero-order chi connectivity index (χ0) is 18.1. The van der Waals surface area contributed by atoms with Crippen LogP contribution in [0.3, 0.4) is 0 Å². The Morgan fingerprint density at radius 1 is 1.15 bits per heavy atom. The number of nitrogens with one attached hydrogen (secondary N) is 1. The maximum Gasteiger partial charge on any atom is 0.144 e. The van der Waals surface area contributed by atoms with Crippen LogP contribution in [0.5, 0.6) is 5.75 Å². The van der Waals surface area contributed by atoms with Crippen molar-refractivity contribution in [1.82, 2.24) is 10.5 Å². The second-order valence-electron chi connectivity index (χ2n) is 6.98. The van der Waals surface area contributed by atoms with E-state index in [9.17, 15) is 0 Å². The number of rotatable bonds is 4. The first kappa shape index (κ1) is 16.9. The van der Waals surface area contributed by atoms with Gasteiger partial charge in [0.05, 0.1) is 12.8 Å². The zero-order valence-corrected chi connectivity index (χ0v) is 15.5. The van der Waals surface area contributed by atoms with Crippen LogP contribution >= 0.6 is 0 Å². The normalized spacial score (nSPS) is 15.9. The summed E-state index contributed by atoms with van der Waals surface area (Å²) in [5.74, 6) is 1.86. The van der Waals surface area contributed by atoms with Crippen molar-refractivity contribution in [3.05, 3.63) is 70.6 Å². The van der Waals surface area contributed by atoms with Gasteiger partial charge in [0.25, 0.3) is 0 Å². The highest BCUT2D eigenvalue weighted by Crippen LogP contribution is 2.40. The lowest BCUT2D eigenvalue weighted by Gasteiger charge is -2.20. The van der Waals surface area contributed by atoms with E-state index in [1.807, 2.05) is 13.0 Å². The minimum absolute atomic E-state index is 0.239. The Kier molecular flexibility index (Phi) is 4.51. The summed E-state index contributed by atoms with van der Waals surface area (Å²) in [4.78, 5) is 0. The van der Waals surface area contributed by atoms with E-state index in [1.54, 1.807) is 7.11 Å². The van der Waals surface area contributed by atoms with E-state index in [-0.39, 0.29) is 6.04 Å². The summed E-state index contributed by atoms with van der Waals surface area (Å²) in [6.45, 7) is 4.96. The zero-order valence-electron chi connectivity index (χ0n) is 15.5. The SMILES string of the molecule is COc1ccc2c(c1)C(NCc1ccc(C)cc1)CCc1onc(C)c1-2. The molecule has 4 heteroatoms. The first-order valence-corrected chi connectivity index (χ1v) is 9.08. The molecular weight excluding hydrogens is 324 g/mol. The van der Waals surface area contributed by atoms with Gasteiger partial charge in [-0.2, -0.15) is 0 Å². The van der Waals surface area contributed by atoms with Crippen LogP contribution in [0.4, 0.5) is 0 Å². The number of benzene rings is 2. The lowest BCUT2D eigenvalue weighted by atomic mass is 9.95. The quantitative estimate of drug-likeness (QED) is 0.739. The number of methoxy groups -OCH3 is 1. The van der Waals surface area contributed by atoms with Crippen molar-refractivity contribution in [3.63, 3.8) is 0 Å². The molecule has 0 saturated carbocycles. The van der Waals surface area contributed by atoms with Crippen molar-refractivity contribution in [2.45, 2.75) is 39.3 Å². The predicted molar refractivity (Wildman–Crippen MR) is 102 cm³/mol. The Hall–Kier alpha value is -2.59. The molecule has 4 nitrogen and oxygen atoms in total. The lowest BCUT2D eigenvalue weighted by Crippen LogP contribution is -2.21. The Balaban J connectivity index is 1.68. The van der Waals surface area contributed by atoms with Gasteiger partial charge in [-0.05, 0) is 49.1 Å². The van der Waals surface area contributed by atoms with Crippen LogP contribution in [-0.2, 0) is 13.0 Å². The summed E-state index contributed by atoms with van der Waals surface area (Å²) in [6, 6.07) is 15.2. The third-order valence-corrected chi connectivity index (χ3v) is 5.17. The van der Waals surface area contributed by atoms with E-state index in [4.69, 9.17) is 9.26 Å². The molecule has 3 aromatic rings. The third-order valence-electron chi connectivity index (χ3n) is 5.17. The maximum atomic E-state index is 5.60. The number of fused-ring (bicyclic) bond motifs is 3. The lowest BCUT2D eigenvalue weighted by molar-refractivity contribution is 0.369. The largest absolute Gasteiger partial charge is 0.497 e. The first-order chi connectivity index (χ1) is 12.7. The summed E-state index contributed by atoms with van der Waals surface area (Å²) in [5, 5.41) is 7.91. The highest BCUT2D eigenvalue weighted by molar-refractivity contribution is 5.73. The van der Waals surface area contributed by atoms with Crippen LogP contribution in [0.1, 0.15) is 40.6 Å². The molecule has 1 unspecified atom stereocenters. The highest BCUT2D eigenvalue weighted by Gasteiger charge is 2.27. The van der Waals surface area contributed by atoms with Gasteiger partial charge in [-0.1, -0.05) is 41.1 Å². The molecule has 0 spiro atoms. The van der Waals surface area contributed by atoms with E-state index in [1.165, 1.54) is 22.3 Å². The van der Waals surface area contributed by atoms with Crippen LogP contribution in [0.15, 0.2) is 47.0 Å². The Morgan fingerprint density at radius 2 is 1.96 bits per heavy atom. The van der Waals surface area contributed by atoms with Gasteiger partial charge in [0, 0.05) is 24.6 Å². The first-order valence-electron chi connectivity index (χ1n) is 9.08. The molecule has 0 bridgehead atoms. The molecule has 0 aliphatic heterocycles. The van der Waals surface area contributed by atoms with E-state index in [0.717, 1.165) is 42.2 Å². The van der Waals surface area contributed by atoms with Gasteiger partial charge in [0.2, 0.25) is 0 Å². The molecule has 0 radical (unpaired) electrons. The number of aromatic nitrogens is 1. The van der Waals surface area contributed by atoms with E-state index in [2.05, 4.69) is 53.8 Å². The van der Waals surface area contributed by atoms with Gasteiger partial charge in [-0.15, -0.1) is 0 Å². The van der Waals surface area contributed by atoms with Crippen LogP contribution in [0.2, 0.25) is 0 Å². The van der Waals surface area contributed by atoms with E-state index in [0.29, 0.717) is 0 Å².